The van der Waals surface area contributed by atoms with E-state index in [2.05, 4.69) is 0 Å². The largest absolute Gasteiger partial charge is 0.385 e. The molecular weight excluding hydrogens is 172 g/mol. The molecule has 0 saturated carbocycles. The van der Waals surface area contributed by atoms with Gasteiger partial charge in [-0.15, -0.1) is 0 Å². The first-order valence-corrected chi connectivity index (χ1v) is 3.74. The summed E-state index contributed by atoms with van der Waals surface area (Å²) in [6.07, 6.45) is 0.269. The van der Waals surface area contributed by atoms with E-state index in [0.717, 1.165) is 0 Å². The Morgan fingerprint density at radius 1 is 1.23 bits per heavy atom. The predicted octanol–water partition coefficient (Wildman–Crippen LogP) is -0.720. The number of ether oxygens (including phenoxy) is 2. The van der Waals surface area contributed by atoms with Crippen LogP contribution in [0, 0.1) is 10.8 Å². The maximum absolute atomic E-state index is 7.28. The fourth-order valence-corrected chi connectivity index (χ4v) is 0.982. The van der Waals surface area contributed by atoms with Crippen molar-refractivity contribution in [2.24, 2.45) is 11.5 Å². The highest BCUT2D eigenvalue weighted by atomic mass is 16.5. The average molecular weight is 188 g/mol. The van der Waals surface area contributed by atoms with Crippen LogP contribution in [-0.2, 0) is 9.47 Å². The van der Waals surface area contributed by atoms with Crippen molar-refractivity contribution in [3.8, 4) is 0 Å². The molecule has 0 unspecified atom stereocenters. The molecule has 0 heterocycles. The van der Waals surface area contributed by atoms with Gasteiger partial charge in [0.25, 0.3) is 0 Å². The molecule has 0 spiro atoms. The van der Waals surface area contributed by atoms with E-state index < -0.39 is 5.60 Å². The van der Waals surface area contributed by atoms with E-state index in [1.165, 1.54) is 14.2 Å². The summed E-state index contributed by atoms with van der Waals surface area (Å²) < 4.78 is 9.80. The van der Waals surface area contributed by atoms with Gasteiger partial charge in [0.2, 0.25) is 0 Å². The number of amidine groups is 2. The number of hydrogen-bond donors (Lipinski definition) is 4. The standard InChI is InChI=1S/C7H16N4O2/c1-12-4-3-7(13-2,5(8)9)6(10)11/h3-4H2,1-2H3,(H3,8,9)(H3,10,11). The molecule has 0 amide bonds. The Morgan fingerprint density at radius 3 is 1.92 bits per heavy atom. The normalized spacial score (nSPS) is 14.9. The first-order chi connectivity index (χ1) is 6.01. The fourth-order valence-electron chi connectivity index (χ4n) is 0.982. The van der Waals surface area contributed by atoms with E-state index in [-0.39, 0.29) is 18.1 Å². The molecule has 0 aliphatic heterocycles. The van der Waals surface area contributed by atoms with Gasteiger partial charge in [0.05, 0.1) is 0 Å². The van der Waals surface area contributed by atoms with E-state index in [0.29, 0.717) is 6.61 Å². The first kappa shape index (κ1) is 11.9. The molecule has 6 nitrogen and oxygen atoms in total. The summed E-state index contributed by atoms with van der Waals surface area (Å²) in [5.74, 6) is -0.556. The molecule has 0 rings (SSSR count). The third kappa shape index (κ3) is 2.40. The second kappa shape index (κ2) is 4.78. The van der Waals surface area contributed by atoms with Crippen LogP contribution in [0.15, 0.2) is 0 Å². The Balaban J connectivity index is 4.66. The van der Waals surface area contributed by atoms with Gasteiger partial charge in [-0.1, -0.05) is 0 Å². The van der Waals surface area contributed by atoms with Crippen molar-refractivity contribution in [3.63, 3.8) is 0 Å². The molecule has 76 valence electrons. The molecule has 6 heteroatoms. The molecule has 13 heavy (non-hydrogen) atoms. The van der Waals surface area contributed by atoms with E-state index in [4.69, 9.17) is 31.8 Å². The van der Waals surface area contributed by atoms with Crippen molar-refractivity contribution in [2.45, 2.75) is 12.0 Å². The zero-order valence-electron chi connectivity index (χ0n) is 7.89. The second-order valence-corrected chi connectivity index (χ2v) is 2.60. The number of hydrogen-bond acceptors (Lipinski definition) is 4. The van der Waals surface area contributed by atoms with E-state index in [1.807, 2.05) is 0 Å². The lowest BCUT2D eigenvalue weighted by Crippen LogP contribution is -2.55. The molecule has 0 atom stereocenters. The molecule has 6 N–H and O–H groups in total. The monoisotopic (exact) mass is 188 g/mol. The van der Waals surface area contributed by atoms with Gasteiger partial charge in [-0.25, -0.2) is 0 Å². The summed E-state index contributed by atoms with van der Waals surface area (Å²) in [7, 11) is 2.87. The van der Waals surface area contributed by atoms with Crippen LogP contribution in [-0.4, -0.2) is 38.1 Å². The van der Waals surface area contributed by atoms with Crippen LogP contribution < -0.4 is 11.5 Å². The maximum Gasteiger partial charge on any atom is 0.182 e. The van der Waals surface area contributed by atoms with Crippen LogP contribution in [0.3, 0.4) is 0 Å². The summed E-state index contributed by atoms with van der Waals surface area (Å²) in [6.45, 7) is 0.326. The maximum atomic E-state index is 7.28. The summed E-state index contributed by atoms with van der Waals surface area (Å²) in [5.41, 5.74) is 9.30. The first-order valence-electron chi connectivity index (χ1n) is 3.74. The molecule has 0 saturated heterocycles. The predicted molar refractivity (Wildman–Crippen MR) is 50.1 cm³/mol. The van der Waals surface area contributed by atoms with Gasteiger partial charge in [0.15, 0.2) is 5.60 Å². The van der Waals surface area contributed by atoms with Crippen molar-refractivity contribution < 1.29 is 9.47 Å². The van der Waals surface area contributed by atoms with Crippen molar-refractivity contribution in [1.82, 2.24) is 0 Å². The highest BCUT2D eigenvalue weighted by Gasteiger charge is 2.37. The Morgan fingerprint density at radius 2 is 1.69 bits per heavy atom. The van der Waals surface area contributed by atoms with E-state index in [1.54, 1.807) is 0 Å². The molecule has 0 radical (unpaired) electrons. The number of rotatable bonds is 6. The minimum absolute atomic E-state index is 0.269. The molecular formula is C7H16N4O2. The lowest BCUT2D eigenvalue weighted by atomic mass is 9.97. The summed E-state index contributed by atoms with van der Waals surface area (Å²) >= 11 is 0. The molecule has 0 aromatic heterocycles. The molecule has 0 bridgehead atoms. The highest BCUT2D eigenvalue weighted by molar-refractivity contribution is 6.09. The minimum Gasteiger partial charge on any atom is -0.385 e. The van der Waals surface area contributed by atoms with Gasteiger partial charge < -0.3 is 20.9 Å². The summed E-state index contributed by atoms with van der Waals surface area (Å²) in [4.78, 5) is 0. The summed E-state index contributed by atoms with van der Waals surface area (Å²) in [5, 5.41) is 14.6. The third-order valence-corrected chi connectivity index (χ3v) is 1.88. The van der Waals surface area contributed by atoms with E-state index in [9.17, 15) is 0 Å². The Kier molecular flexibility index (Phi) is 4.36. The zero-order valence-corrected chi connectivity index (χ0v) is 7.89. The molecule has 0 aromatic rings. The topological polar surface area (TPSA) is 118 Å². The lowest BCUT2D eigenvalue weighted by molar-refractivity contribution is 0.0670. The molecule has 0 fully saturated rings. The Hall–Kier alpha value is -1.14. The van der Waals surface area contributed by atoms with Crippen molar-refractivity contribution in [2.75, 3.05) is 20.8 Å². The van der Waals surface area contributed by atoms with E-state index >= 15 is 0 Å². The summed E-state index contributed by atoms with van der Waals surface area (Å²) in [6, 6.07) is 0. The van der Waals surface area contributed by atoms with Gasteiger partial charge in [0, 0.05) is 27.2 Å². The van der Waals surface area contributed by atoms with Gasteiger partial charge in [-0.05, 0) is 0 Å². The van der Waals surface area contributed by atoms with Crippen LogP contribution in [0.5, 0.6) is 0 Å². The van der Waals surface area contributed by atoms with Gasteiger partial charge in [-0.2, -0.15) is 0 Å². The van der Waals surface area contributed by atoms with Crippen molar-refractivity contribution >= 4 is 11.7 Å². The third-order valence-electron chi connectivity index (χ3n) is 1.88. The van der Waals surface area contributed by atoms with Crippen LogP contribution >= 0.6 is 0 Å². The van der Waals surface area contributed by atoms with Crippen LogP contribution in [0.25, 0.3) is 0 Å². The van der Waals surface area contributed by atoms with Crippen LogP contribution in [0.2, 0.25) is 0 Å². The quantitative estimate of drug-likeness (QED) is 0.325. The van der Waals surface area contributed by atoms with Crippen LogP contribution in [0.4, 0.5) is 0 Å². The second-order valence-electron chi connectivity index (χ2n) is 2.60. The fraction of sp³-hybridized carbons (Fsp3) is 0.714. The average Bonchev–Trinajstić information content (AvgIpc) is 2.05. The number of methoxy groups -OCH3 is 2. The molecule has 0 aliphatic carbocycles. The lowest BCUT2D eigenvalue weighted by Gasteiger charge is -2.29. The Bertz CT molecular complexity index is 191. The minimum atomic E-state index is -1.31. The van der Waals surface area contributed by atoms with Crippen molar-refractivity contribution in [3.05, 3.63) is 0 Å². The zero-order chi connectivity index (χ0) is 10.5. The van der Waals surface area contributed by atoms with Gasteiger partial charge in [0.1, 0.15) is 11.7 Å². The van der Waals surface area contributed by atoms with Gasteiger partial charge in [-0.3, -0.25) is 10.8 Å². The highest BCUT2D eigenvalue weighted by Crippen LogP contribution is 2.14. The number of nitrogens with one attached hydrogen (secondary N) is 2. The molecule has 0 aliphatic rings. The SMILES string of the molecule is COCCC(OC)(C(=N)N)C(=N)N. The number of nitrogens with two attached hydrogens (primary N) is 2. The smallest absolute Gasteiger partial charge is 0.182 e. The Labute approximate surface area is 77.2 Å². The van der Waals surface area contributed by atoms with Crippen molar-refractivity contribution in [1.29, 1.82) is 10.8 Å². The molecule has 0 aromatic carbocycles. The van der Waals surface area contributed by atoms with Crippen LogP contribution in [0.1, 0.15) is 6.42 Å². The van der Waals surface area contributed by atoms with Gasteiger partial charge >= 0.3 is 0 Å².